The number of pyridine rings is 1. The zero-order chi connectivity index (χ0) is 26.6. The molecule has 0 fully saturated rings. The monoisotopic (exact) mass is 511 g/mol. The summed E-state index contributed by atoms with van der Waals surface area (Å²) < 4.78 is 8.83. The van der Waals surface area contributed by atoms with Crippen molar-refractivity contribution in [2.75, 3.05) is 0 Å². The molecule has 8 aromatic rings. The molecule has 4 heteroatoms. The van der Waals surface area contributed by atoms with Gasteiger partial charge in [0, 0.05) is 39.0 Å². The zero-order valence-electron chi connectivity index (χ0n) is 21.4. The zero-order valence-corrected chi connectivity index (χ0v) is 21.4. The van der Waals surface area contributed by atoms with E-state index in [1.165, 1.54) is 10.8 Å². The fourth-order valence-corrected chi connectivity index (χ4v) is 5.81. The van der Waals surface area contributed by atoms with Gasteiger partial charge in [-0.25, -0.2) is 0 Å². The van der Waals surface area contributed by atoms with Gasteiger partial charge in [0.05, 0.1) is 22.3 Å². The molecule has 0 atom stereocenters. The average Bonchev–Trinajstić information content (AvgIpc) is 3.57. The Morgan fingerprint density at radius 3 is 2.23 bits per heavy atom. The van der Waals surface area contributed by atoms with Gasteiger partial charge in [0.15, 0.2) is 5.58 Å². The summed E-state index contributed by atoms with van der Waals surface area (Å²) in [5, 5.41) is 13.7. The van der Waals surface area contributed by atoms with E-state index < -0.39 is 0 Å². The lowest BCUT2D eigenvalue weighted by molar-refractivity contribution is 0.671. The second-order valence-electron chi connectivity index (χ2n) is 9.96. The highest BCUT2D eigenvalue weighted by Crippen LogP contribution is 2.40. The van der Waals surface area contributed by atoms with Crippen LogP contribution in [0, 0.1) is 11.3 Å². The largest absolute Gasteiger partial charge is 0.454 e. The van der Waals surface area contributed by atoms with Gasteiger partial charge in [0.25, 0.3) is 0 Å². The maximum Gasteiger partial charge on any atom is 0.160 e. The number of furan rings is 1. The molecule has 0 amide bonds. The summed E-state index contributed by atoms with van der Waals surface area (Å²) in [6.07, 6.45) is 1.61. The summed E-state index contributed by atoms with van der Waals surface area (Å²) in [7, 11) is 0. The Bertz CT molecular complexity index is 2280. The van der Waals surface area contributed by atoms with Crippen LogP contribution in [0.1, 0.15) is 5.56 Å². The number of hydrogen-bond acceptors (Lipinski definition) is 3. The Morgan fingerprint density at radius 1 is 0.625 bits per heavy atom. The summed E-state index contributed by atoms with van der Waals surface area (Å²) >= 11 is 0. The third kappa shape index (κ3) is 3.35. The van der Waals surface area contributed by atoms with E-state index in [0.717, 1.165) is 61.0 Å². The van der Waals surface area contributed by atoms with Crippen molar-refractivity contribution in [2.24, 2.45) is 0 Å². The Kier molecular flexibility index (Phi) is 4.85. The fraction of sp³-hybridized carbons (Fsp3) is 0. The molecule has 3 aromatic heterocycles. The first-order valence-corrected chi connectivity index (χ1v) is 13.2. The first-order chi connectivity index (χ1) is 19.8. The summed E-state index contributed by atoms with van der Waals surface area (Å²) in [6, 6.07) is 44.0. The van der Waals surface area contributed by atoms with Gasteiger partial charge in [-0.05, 0) is 59.7 Å². The quantitative estimate of drug-likeness (QED) is 0.237. The molecule has 0 spiro atoms. The minimum absolute atomic E-state index is 0.553. The van der Waals surface area contributed by atoms with E-state index in [4.69, 9.17) is 9.68 Å². The van der Waals surface area contributed by atoms with E-state index in [1.807, 2.05) is 24.3 Å². The summed E-state index contributed by atoms with van der Waals surface area (Å²) in [6.45, 7) is 0. The number of nitriles is 1. The van der Waals surface area contributed by atoms with Crippen molar-refractivity contribution in [3.63, 3.8) is 0 Å². The average molecular weight is 512 g/mol. The fourth-order valence-electron chi connectivity index (χ4n) is 5.81. The highest BCUT2D eigenvalue weighted by molar-refractivity contribution is 6.21. The number of hydrogen-bond donors (Lipinski definition) is 0. The number of para-hydroxylation sites is 2. The van der Waals surface area contributed by atoms with Gasteiger partial charge in [-0.2, -0.15) is 5.26 Å². The van der Waals surface area contributed by atoms with Crippen LogP contribution in [0.5, 0.6) is 0 Å². The highest BCUT2D eigenvalue weighted by atomic mass is 16.3. The smallest absolute Gasteiger partial charge is 0.160 e. The van der Waals surface area contributed by atoms with E-state index in [-0.39, 0.29) is 0 Å². The van der Waals surface area contributed by atoms with E-state index in [0.29, 0.717) is 5.56 Å². The van der Waals surface area contributed by atoms with Crippen LogP contribution in [-0.4, -0.2) is 9.55 Å². The Balaban J connectivity index is 1.35. The molecule has 0 aliphatic rings. The molecule has 0 aliphatic carbocycles. The standard InChI is InChI=1S/C36H21N3O/c37-21-23-15-18-32(38-22-23)26-9-5-7-24(19-26)25-8-6-10-27(20-25)39-33-13-3-1-11-28(33)30-16-17-31-29-12-2-4-14-34(29)40-36(31)35(30)39/h1-20,22H. The van der Waals surface area contributed by atoms with Crippen LogP contribution in [-0.2, 0) is 0 Å². The highest BCUT2D eigenvalue weighted by Gasteiger charge is 2.19. The molecule has 3 heterocycles. The van der Waals surface area contributed by atoms with Gasteiger partial charge in [-0.1, -0.05) is 72.8 Å². The Hall–Kier alpha value is -5.66. The molecule has 4 nitrogen and oxygen atoms in total. The van der Waals surface area contributed by atoms with Crippen molar-refractivity contribution >= 4 is 43.7 Å². The third-order valence-electron chi connectivity index (χ3n) is 7.67. The van der Waals surface area contributed by atoms with Crippen LogP contribution in [0.25, 0.3) is 71.8 Å². The van der Waals surface area contributed by atoms with Gasteiger partial charge in [-0.15, -0.1) is 0 Å². The van der Waals surface area contributed by atoms with Crippen molar-refractivity contribution in [1.29, 1.82) is 5.26 Å². The topological polar surface area (TPSA) is 54.8 Å². The van der Waals surface area contributed by atoms with E-state index in [2.05, 4.69) is 107 Å². The number of aromatic nitrogens is 2. The normalized spacial score (nSPS) is 11.5. The van der Waals surface area contributed by atoms with E-state index >= 15 is 0 Å². The molecule has 0 saturated carbocycles. The van der Waals surface area contributed by atoms with E-state index in [9.17, 15) is 0 Å². The molecular weight excluding hydrogens is 490 g/mol. The number of nitrogens with zero attached hydrogens (tertiary/aromatic N) is 3. The van der Waals surface area contributed by atoms with Gasteiger partial charge in [0.2, 0.25) is 0 Å². The second-order valence-corrected chi connectivity index (χ2v) is 9.96. The van der Waals surface area contributed by atoms with E-state index in [1.54, 1.807) is 12.3 Å². The van der Waals surface area contributed by atoms with Gasteiger partial charge in [-0.3, -0.25) is 4.98 Å². The summed E-state index contributed by atoms with van der Waals surface area (Å²) in [5.41, 5.74) is 9.67. The van der Waals surface area contributed by atoms with Crippen LogP contribution in [0.4, 0.5) is 0 Å². The first-order valence-electron chi connectivity index (χ1n) is 13.2. The molecule has 0 aliphatic heterocycles. The van der Waals surface area contributed by atoms with Crippen molar-refractivity contribution in [2.45, 2.75) is 0 Å². The van der Waals surface area contributed by atoms with Crippen LogP contribution in [0.3, 0.4) is 0 Å². The van der Waals surface area contributed by atoms with Gasteiger partial charge in [0.1, 0.15) is 11.7 Å². The second kappa shape index (κ2) is 8.69. The Morgan fingerprint density at radius 2 is 1.38 bits per heavy atom. The molecule has 0 radical (unpaired) electrons. The predicted molar refractivity (Wildman–Crippen MR) is 161 cm³/mol. The maximum atomic E-state index is 9.13. The molecule has 0 unspecified atom stereocenters. The minimum atomic E-state index is 0.553. The number of benzene rings is 5. The SMILES string of the molecule is N#Cc1ccc(-c2cccc(-c3cccc(-n4c5ccccc5c5ccc6c7ccccc7oc6c54)c3)c2)nc1. The lowest BCUT2D eigenvalue weighted by Crippen LogP contribution is -1.94. The van der Waals surface area contributed by atoms with Crippen LogP contribution >= 0.6 is 0 Å². The summed E-state index contributed by atoms with van der Waals surface area (Å²) in [4.78, 5) is 4.49. The lowest BCUT2D eigenvalue weighted by Gasteiger charge is -2.11. The van der Waals surface area contributed by atoms with Crippen molar-refractivity contribution in [3.05, 3.63) is 133 Å². The van der Waals surface area contributed by atoms with Crippen LogP contribution in [0.15, 0.2) is 132 Å². The Labute approximate surface area is 230 Å². The molecule has 186 valence electrons. The molecule has 0 bridgehead atoms. The van der Waals surface area contributed by atoms with Crippen molar-refractivity contribution in [1.82, 2.24) is 9.55 Å². The summed E-state index contributed by atoms with van der Waals surface area (Å²) in [5.74, 6) is 0. The number of rotatable bonds is 3. The van der Waals surface area contributed by atoms with Crippen molar-refractivity contribution in [3.8, 4) is 34.1 Å². The third-order valence-corrected chi connectivity index (χ3v) is 7.67. The molecular formula is C36H21N3O. The molecule has 8 rings (SSSR count). The predicted octanol–water partition coefficient (Wildman–Crippen LogP) is 9.28. The molecule has 0 saturated heterocycles. The molecule has 40 heavy (non-hydrogen) atoms. The number of fused-ring (bicyclic) bond motifs is 7. The van der Waals surface area contributed by atoms with Crippen LogP contribution in [0.2, 0.25) is 0 Å². The first kappa shape index (κ1) is 22.3. The molecule has 5 aromatic carbocycles. The maximum absolute atomic E-state index is 9.13. The molecule has 0 N–H and O–H groups in total. The lowest BCUT2D eigenvalue weighted by atomic mass is 10.0. The minimum Gasteiger partial charge on any atom is -0.454 e. The van der Waals surface area contributed by atoms with Crippen LogP contribution < -0.4 is 0 Å². The van der Waals surface area contributed by atoms with Gasteiger partial charge >= 0.3 is 0 Å². The van der Waals surface area contributed by atoms with Crippen molar-refractivity contribution < 1.29 is 4.42 Å². The van der Waals surface area contributed by atoms with Gasteiger partial charge < -0.3 is 8.98 Å².